The van der Waals surface area contributed by atoms with Crippen molar-refractivity contribution in [2.24, 2.45) is 0 Å². The van der Waals surface area contributed by atoms with Gasteiger partial charge in [-0.2, -0.15) is 0 Å². The van der Waals surface area contributed by atoms with Crippen LogP contribution in [0.3, 0.4) is 0 Å². The van der Waals surface area contributed by atoms with E-state index < -0.39 is 0 Å². The van der Waals surface area contributed by atoms with Crippen LogP contribution in [0, 0.1) is 0 Å². The highest BCUT2D eigenvalue weighted by Gasteiger charge is 2.30. The molecule has 0 saturated carbocycles. The van der Waals surface area contributed by atoms with Crippen molar-refractivity contribution in [3.63, 3.8) is 0 Å². The summed E-state index contributed by atoms with van der Waals surface area (Å²) in [5.41, 5.74) is 8.57. The Kier molecular flexibility index (Phi) is 3.50. The van der Waals surface area contributed by atoms with Crippen LogP contribution in [-0.4, -0.2) is 4.57 Å². The van der Waals surface area contributed by atoms with E-state index in [-0.39, 0.29) is 0 Å². The molecule has 1 heteroatoms. The Morgan fingerprint density at radius 1 is 0.529 bits per heavy atom. The minimum Gasteiger partial charge on any atom is -0.340 e. The van der Waals surface area contributed by atoms with Gasteiger partial charge in [-0.15, -0.1) is 0 Å². The summed E-state index contributed by atoms with van der Waals surface area (Å²) in [4.78, 5) is 0. The van der Waals surface area contributed by atoms with Crippen molar-refractivity contribution >= 4 is 54.1 Å². The third-order valence-electron chi connectivity index (χ3n) is 7.99. The van der Waals surface area contributed by atoms with E-state index in [1.807, 2.05) is 0 Å². The minimum absolute atomic E-state index is 0.956. The van der Waals surface area contributed by atoms with Crippen LogP contribution in [0.15, 0.2) is 97.1 Å². The topological polar surface area (TPSA) is 4.93 Å². The first-order valence-electron chi connectivity index (χ1n) is 12.2. The van der Waals surface area contributed by atoms with Crippen LogP contribution in [0.4, 0.5) is 0 Å². The van der Waals surface area contributed by atoms with E-state index in [0.717, 1.165) is 13.0 Å². The fourth-order valence-electron chi connectivity index (χ4n) is 6.72. The largest absolute Gasteiger partial charge is 0.340 e. The Morgan fingerprint density at radius 2 is 1.03 bits per heavy atom. The molecule has 160 valence electrons. The zero-order chi connectivity index (χ0) is 22.4. The lowest BCUT2D eigenvalue weighted by Gasteiger charge is -2.14. The summed E-state index contributed by atoms with van der Waals surface area (Å²) in [7, 11) is 0. The number of fused-ring (bicyclic) bond motifs is 15. The van der Waals surface area contributed by atoms with Crippen LogP contribution >= 0.6 is 0 Å². The van der Waals surface area contributed by atoms with Crippen LogP contribution in [0.25, 0.3) is 65.3 Å². The van der Waals surface area contributed by atoms with Crippen LogP contribution in [0.2, 0.25) is 0 Å². The highest BCUT2D eigenvalue weighted by atomic mass is 15.0. The van der Waals surface area contributed by atoms with Crippen LogP contribution in [-0.2, 0) is 13.0 Å². The predicted molar refractivity (Wildman–Crippen MR) is 146 cm³/mol. The quantitative estimate of drug-likeness (QED) is 0.228. The fourth-order valence-corrected chi connectivity index (χ4v) is 6.72. The molecule has 0 radical (unpaired) electrons. The van der Waals surface area contributed by atoms with E-state index in [0.29, 0.717) is 0 Å². The number of rotatable bonds is 1. The van der Waals surface area contributed by atoms with Gasteiger partial charge in [0.1, 0.15) is 0 Å². The summed E-state index contributed by atoms with van der Waals surface area (Å²) in [5.74, 6) is 0. The van der Waals surface area contributed by atoms with E-state index in [2.05, 4.69) is 109 Å². The highest BCUT2D eigenvalue weighted by Crippen LogP contribution is 2.53. The lowest BCUT2D eigenvalue weighted by atomic mass is 9.89. The molecule has 0 atom stereocenters. The number of para-hydroxylation sites is 1. The van der Waals surface area contributed by atoms with Crippen molar-refractivity contribution in [1.82, 2.24) is 4.57 Å². The van der Waals surface area contributed by atoms with Crippen LogP contribution in [0.1, 0.15) is 18.1 Å². The molecule has 0 amide bonds. The Morgan fingerprint density at radius 3 is 1.74 bits per heavy atom. The van der Waals surface area contributed by atoms with Crippen molar-refractivity contribution in [2.45, 2.75) is 19.9 Å². The highest BCUT2D eigenvalue weighted by molar-refractivity contribution is 6.29. The molecule has 7 aromatic rings. The maximum atomic E-state index is 2.52. The average Bonchev–Trinajstić information content (AvgIpc) is 3.46. The molecule has 0 bridgehead atoms. The molecule has 0 spiro atoms. The smallest absolute Gasteiger partial charge is 0.0577 e. The van der Waals surface area contributed by atoms with Gasteiger partial charge in [0.2, 0.25) is 0 Å². The maximum absolute atomic E-state index is 2.52. The van der Waals surface area contributed by atoms with E-state index in [9.17, 15) is 0 Å². The van der Waals surface area contributed by atoms with Gasteiger partial charge in [-0.25, -0.2) is 0 Å². The molecular formula is C33H23N. The summed E-state index contributed by atoms with van der Waals surface area (Å²) < 4.78 is 2.52. The van der Waals surface area contributed by atoms with Crippen molar-refractivity contribution in [3.05, 3.63) is 108 Å². The summed E-state index contributed by atoms with van der Waals surface area (Å²) in [6.07, 6.45) is 0.984. The first-order chi connectivity index (χ1) is 16.9. The molecule has 8 rings (SSSR count). The molecular weight excluding hydrogens is 410 g/mol. The molecule has 1 heterocycles. The second kappa shape index (κ2) is 6.48. The van der Waals surface area contributed by atoms with Gasteiger partial charge in [-0.3, -0.25) is 0 Å². The van der Waals surface area contributed by atoms with Gasteiger partial charge in [-0.05, 0) is 68.6 Å². The Balaban J connectivity index is 1.72. The summed E-state index contributed by atoms with van der Waals surface area (Å²) in [6.45, 7) is 3.23. The molecule has 0 N–H and O–H groups in total. The first kappa shape index (κ1) is 18.3. The molecule has 34 heavy (non-hydrogen) atoms. The van der Waals surface area contributed by atoms with E-state index in [1.54, 1.807) is 0 Å². The molecule has 1 aliphatic rings. The second-order valence-corrected chi connectivity index (χ2v) is 9.51. The normalized spacial score (nSPS) is 12.9. The van der Waals surface area contributed by atoms with Gasteiger partial charge in [-0.1, -0.05) is 91.0 Å². The second-order valence-electron chi connectivity index (χ2n) is 9.51. The third-order valence-corrected chi connectivity index (χ3v) is 7.99. The maximum Gasteiger partial charge on any atom is 0.0577 e. The average molecular weight is 434 g/mol. The summed E-state index contributed by atoms with van der Waals surface area (Å²) in [6, 6.07) is 36.0. The van der Waals surface area contributed by atoms with E-state index >= 15 is 0 Å². The molecule has 0 unspecified atom stereocenters. The molecule has 0 saturated heterocycles. The number of aromatic nitrogens is 1. The number of hydrogen-bond acceptors (Lipinski definition) is 0. The monoisotopic (exact) mass is 433 g/mol. The van der Waals surface area contributed by atoms with Gasteiger partial charge >= 0.3 is 0 Å². The molecule has 0 aliphatic heterocycles. The van der Waals surface area contributed by atoms with E-state index in [1.165, 1.54) is 76.4 Å². The third kappa shape index (κ3) is 2.11. The lowest BCUT2D eigenvalue weighted by molar-refractivity contribution is 0.829. The predicted octanol–water partition coefficient (Wildman–Crippen LogP) is 8.85. The number of hydrogen-bond donors (Lipinski definition) is 0. The SMILES string of the molecule is CCn1c2ccccc2c2c3c(c4ccccc4c21)Cc1c-3c2ccccc2c2ccccc12. The molecule has 1 nitrogen and oxygen atoms in total. The molecule has 6 aromatic carbocycles. The van der Waals surface area contributed by atoms with Crippen LogP contribution in [0.5, 0.6) is 0 Å². The summed E-state index contributed by atoms with van der Waals surface area (Å²) in [5, 5.41) is 11.0. The first-order valence-corrected chi connectivity index (χ1v) is 12.2. The van der Waals surface area contributed by atoms with E-state index in [4.69, 9.17) is 0 Å². The van der Waals surface area contributed by atoms with Crippen molar-refractivity contribution in [1.29, 1.82) is 0 Å². The van der Waals surface area contributed by atoms with Gasteiger partial charge < -0.3 is 4.57 Å². The number of benzene rings is 6. The molecule has 1 aliphatic carbocycles. The van der Waals surface area contributed by atoms with Gasteiger partial charge in [0.05, 0.1) is 5.52 Å². The van der Waals surface area contributed by atoms with Crippen molar-refractivity contribution < 1.29 is 0 Å². The van der Waals surface area contributed by atoms with Crippen LogP contribution < -0.4 is 0 Å². The zero-order valence-electron chi connectivity index (χ0n) is 19.1. The number of aryl methyl sites for hydroxylation is 1. The zero-order valence-corrected chi connectivity index (χ0v) is 19.1. The minimum atomic E-state index is 0.956. The van der Waals surface area contributed by atoms with Gasteiger partial charge in [0.25, 0.3) is 0 Å². The number of nitrogens with zero attached hydrogens (tertiary/aromatic N) is 1. The molecule has 1 aromatic heterocycles. The standard InChI is InChI=1S/C33H23N/c1-2-34-29-18-10-9-17-26(29)32-31-28(23-14-6-8-16-25(23)33(32)34)19-27-22-13-4-3-11-20(22)21-12-5-7-15-24(21)30(27)31/h3-18H,2,19H2,1H3. The van der Waals surface area contributed by atoms with Crippen molar-refractivity contribution in [2.75, 3.05) is 0 Å². The van der Waals surface area contributed by atoms with Gasteiger partial charge in [0.15, 0.2) is 0 Å². The summed E-state index contributed by atoms with van der Waals surface area (Å²) >= 11 is 0. The molecule has 0 fully saturated rings. The lowest BCUT2D eigenvalue weighted by Crippen LogP contribution is -1.95. The van der Waals surface area contributed by atoms with Crippen molar-refractivity contribution in [3.8, 4) is 11.1 Å². The Labute approximate surface area is 197 Å². The fraction of sp³-hybridized carbons (Fsp3) is 0.0909. The Bertz CT molecular complexity index is 1970. The van der Waals surface area contributed by atoms with Gasteiger partial charge in [0, 0.05) is 28.2 Å². The Hall–Kier alpha value is -4.10.